The molecule has 0 fully saturated rings. The number of carbonyl (C=O) groups excluding carboxylic acids is 1. The maximum Gasteiger partial charge on any atom is 0.306 e. The zero-order valence-electron chi connectivity index (χ0n) is 33.9. The lowest BCUT2D eigenvalue weighted by atomic mass is 9.80. The van der Waals surface area contributed by atoms with Crippen LogP contribution in [-0.2, 0) is 14.3 Å². The molecule has 0 spiro atoms. The lowest BCUT2D eigenvalue weighted by Gasteiger charge is -2.25. The lowest BCUT2D eigenvalue weighted by molar-refractivity contribution is -0.145. The van der Waals surface area contributed by atoms with Gasteiger partial charge in [0.15, 0.2) is 0 Å². The van der Waals surface area contributed by atoms with Gasteiger partial charge in [-0.25, -0.2) is 0 Å². The van der Waals surface area contributed by atoms with Crippen molar-refractivity contribution in [3.63, 3.8) is 0 Å². The summed E-state index contributed by atoms with van der Waals surface area (Å²) in [7, 11) is 0. The molecule has 1 atom stereocenters. The standard InChI is InChI=1S/C44H87NO5/c1-4-7-10-13-16-24-31-40-50-43(47)35-28-20-17-22-29-36-45(38-39-46)37-30-23-21-27-34-42(44(48)49)41(32-25-18-14-11-8-5-2)33-26-19-15-12-9-6-3/h41-42,46H,4-40H2,1-3H3,(H,48,49). The van der Waals surface area contributed by atoms with E-state index in [4.69, 9.17) is 4.74 Å². The Kier molecular flexibility index (Phi) is 38.2. The minimum atomic E-state index is -0.570. The molecule has 0 aliphatic heterocycles. The van der Waals surface area contributed by atoms with Crippen molar-refractivity contribution >= 4 is 11.9 Å². The Bertz CT molecular complexity index is 701. The zero-order chi connectivity index (χ0) is 36.8. The van der Waals surface area contributed by atoms with Crippen LogP contribution in [0.2, 0.25) is 0 Å². The van der Waals surface area contributed by atoms with Gasteiger partial charge in [0.05, 0.1) is 19.1 Å². The molecule has 0 aliphatic carbocycles. The van der Waals surface area contributed by atoms with E-state index in [9.17, 15) is 19.8 Å². The molecule has 0 aromatic carbocycles. The number of carboxylic acids is 1. The van der Waals surface area contributed by atoms with E-state index in [0.29, 0.717) is 18.9 Å². The SMILES string of the molecule is CCCCCCCCCOC(=O)CCCCCCCN(CCO)CCCCCCC(C(=O)O)C(CCCCCCCC)CCCCCCCC. The third-order valence-corrected chi connectivity index (χ3v) is 10.8. The van der Waals surface area contributed by atoms with Gasteiger partial charge in [0.2, 0.25) is 0 Å². The quantitative estimate of drug-likeness (QED) is 0.0485. The number of aliphatic carboxylic acids is 1. The van der Waals surface area contributed by atoms with Crippen LogP contribution in [0.3, 0.4) is 0 Å². The van der Waals surface area contributed by atoms with E-state index in [1.165, 1.54) is 109 Å². The molecule has 1 unspecified atom stereocenters. The molecule has 0 aromatic rings. The first-order chi connectivity index (χ1) is 24.5. The monoisotopic (exact) mass is 710 g/mol. The highest BCUT2D eigenvalue weighted by Gasteiger charge is 2.27. The molecule has 0 saturated heterocycles. The van der Waals surface area contributed by atoms with E-state index in [1.807, 2.05) is 0 Å². The molecule has 298 valence electrons. The maximum absolute atomic E-state index is 12.4. The number of carboxylic acid groups (broad SMARTS) is 1. The predicted octanol–water partition coefficient (Wildman–Crippen LogP) is 12.7. The molecule has 2 N–H and O–H groups in total. The van der Waals surface area contributed by atoms with Gasteiger partial charge in [-0.1, -0.05) is 175 Å². The van der Waals surface area contributed by atoms with E-state index in [1.54, 1.807) is 0 Å². The van der Waals surface area contributed by atoms with Gasteiger partial charge in [-0.15, -0.1) is 0 Å². The topological polar surface area (TPSA) is 87.1 Å². The molecule has 0 aromatic heterocycles. The summed E-state index contributed by atoms with van der Waals surface area (Å²) in [5, 5.41) is 19.8. The van der Waals surface area contributed by atoms with E-state index >= 15 is 0 Å². The van der Waals surface area contributed by atoms with Crippen LogP contribution >= 0.6 is 0 Å². The van der Waals surface area contributed by atoms with Crippen molar-refractivity contribution in [2.24, 2.45) is 11.8 Å². The molecule has 0 bridgehead atoms. The van der Waals surface area contributed by atoms with Crippen molar-refractivity contribution in [1.29, 1.82) is 0 Å². The van der Waals surface area contributed by atoms with Gasteiger partial charge in [-0.05, 0) is 64.0 Å². The van der Waals surface area contributed by atoms with Gasteiger partial charge in [-0.2, -0.15) is 0 Å². The normalized spacial score (nSPS) is 12.3. The molecule has 0 saturated carbocycles. The fraction of sp³-hybridized carbons (Fsp3) is 0.955. The number of nitrogens with zero attached hydrogens (tertiary/aromatic N) is 1. The second-order valence-corrected chi connectivity index (χ2v) is 15.4. The number of esters is 1. The first kappa shape index (κ1) is 48.9. The number of hydrogen-bond donors (Lipinski definition) is 2. The molecule has 0 amide bonds. The summed E-state index contributed by atoms with van der Waals surface area (Å²) < 4.78 is 5.41. The number of rotatable bonds is 41. The van der Waals surface area contributed by atoms with Crippen molar-refractivity contribution in [1.82, 2.24) is 4.90 Å². The van der Waals surface area contributed by atoms with Crippen molar-refractivity contribution in [2.75, 3.05) is 32.8 Å². The Labute approximate surface area is 311 Å². The Morgan fingerprint density at radius 2 is 0.900 bits per heavy atom. The van der Waals surface area contributed by atoms with Crippen molar-refractivity contribution in [3.05, 3.63) is 0 Å². The molecule has 0 aliphatic rings. The third-order valence-electron chi connectivity index (χ3n) is 10.8. The molecule has 6 nitrogen and oxygen atoms in total. The summed E-state index contributed by atoms with van der Waals surface area (Å²) in [5.74, 6) is -0.462. The van der Waals surface area contributed by atoms with Gasteiger partial charge in [0, 0.05) is 13.0 Å². The molecule has 0 rings (SSSR count). The van der Waals surface area contributed by atoms with Crippen LogP contribution in [-0.4, -0.2) is 59.9 Å². The minimum absolute atomic E-state index is 0.0373. The number of aliphatic hydroxyl groups excluding tert-OH is 1. The Hall–Kier alpha value is -1.14. The second kappa shape index (κ2) is 39.1. The molecule has 0 heterocycles. The minimum Gasteiger partial charge on any atom is -0.481 e. The van der Waals surface area contributed by atoms with Crippen molar-refractivity contribution in [3.8, 4) is 0 Å². The lowest BCUT2D eigenvalue weighted by Crippen LogP contribution is -2.29. The summed E-state index contributed by atoms with van der Waals surface area (Å²) in [6, 6.07) is 0. The van der Waals surface area contributed by atoms with Gasteiger partial charge in [-0.3, -0.25) is 9.59 Å². The van der Waals surface area contributed by atoms with E-state index in [0.717, 1.165) is 110 Å². The maximum atomic E-state index is 12.4. The first-order valence-corrected chi connectivity index (χ1v) is 22.2. The second-order valence-electron chi connectivity index (χ2n) is 15.4. The van der Waals surface area contributed by atoms with Crippen LogP contribution in [0.15, 0.2) is 0 Å². The average Bonchev–Trinajstić information content (AvgIpc) is 3.10. The van der Waals surface area contributed by atoms with Gasteiger partial charge in [0.25, 0.3) is 0 Å². The number of ether oxygens (including phenoxy) is 1. The summed E-state index contributed by atoms with van der Waals surface area (Å²) in [6.07, 6.45) is 37.2. The Morgan fingerprint density at radius 1 is 0.500 bits per heavy atom. The summed E-state index contributed by atoms with van der Waals surface area (Å²) in [5.41, 5.74) is 0. The van der Waals surface area contributed by atoms with Crippen LogP contribution in [0.1, 0.15) is 226 Å². The average molecular weight is 710 g/mol. The smallest absolute Gasteiger partial charge is 0.306 e. The first-order valence-electron chi connectivity index (χ1n) is 22.2. The molecule has 50 heavy (non-hydrogen) atoms. The van der Waals surface area contributed by atoms with Crippen molar-refractivity contribution in [2.45, 2.75) is 226 Å². The number of hydrogen-bond acceptors (Lipinski definition) is 5. The summed E-state index contributed by atoms with van der Waals surface area (Å²) in [6.45, 7) is 10.3. The molecular weight excluding hydrogens is 622 g/mol. The molecule has 0 radical (unpaired) electrons. The van der Waals surface area contributed by atoms with E-state index < -0.39 is 5.97 Å². The largest absolute Gasteiger partial charge is 0.481 e. The molecule has 6 heteroatoms. The van der Waals surface area contributed by atoms with Crippen LogP contribution in [0, 0.1) is 11.8 Å². The van der Waals surface area contributed by atoms with Crippen LogP contribution in [0.5, 0.6) is 0 Å². The highest BCUT2D eigenvalue weighted by molar-refractivity contribution is 5.70. The molecular formula is C44H87NO5. The van der Waals surface area contributed by atoms with Crippen LogP contribution in [0.25, 0.3) is 0 Å². The van der Waals surface area contributed by atoms with Crippen LogP contribution < -0.4 is 0 Å². The number of aliphatic hydroxyl groups is 1. The summed E-state index contributed by atoms with van der Waals surface area (Å²) in [4.78, 5) is 26.8. The van der Waals surface area contributed by atoms with Crippen LogP contribution in [0.4, 0.5) is 0 Å². The van der Waals surface area contributed by atoms with Crippen molar-refractivity contribution < 1.29 is 24.5 Å². The Morgan fingerprint density at radius 3 is 1.36 bits per heavy atom. The number of unbranched alkanes of at least 4 members (excludes halogenated alkanes) is 23. The van der Waals surface area contributed by atoms with E-state index in [-0.39, 0.29) is 18.5 Å². The number of carbonyl (C=O) groups is 2. The third kappa shape index (κ3) is 32.7. The van der Waals surface area contributed by atoms with E-state index in [2.05, 4.69) is 25.7 Å². The summed E-state index contributed by atoms with van der Waals surface area (Å²) >= 11 is 0. The zero-order valence-corrected chi connectivity index (χ0v) is 33.9. The highest BCUT2D eigenvalue weighted by atomic mass is 16.5. The predicted molar refractivity (Wildman–Crippen MR) is 214 cm³/mol. The Balaban J connectivity index is 4.22. The van der Waals surface area contributed by atoms with Gasteiger partial charge < -0.3 is 19.8 Å². The fourth-order valence-corrected chi connectivity index (χ4v) is 7.46. The van der Waals surface area contributed by atoms with Gasteiger partial charge in [0.1, 0.15) is 0 Å². The fourth-order valence-electron chi connectivity index (χ4n) is 7.46. The van der Waals surface area contributed by atoms with Gasteiger partial charge >= 0.3 is 11.9 Å². The highest BCUT2D eigenvalue weighted by Crippen LogP contribution is 2.30.